The Morgan fingerprint density at radius 1 is 1.26 bits per heavy atom. The molecule has 27 heavy (non-hydrogen) atoms. The largest absolute Gasteiger partial charge is 0.467 e. The molecule has 0 radical (unpaired) electrons. The van der Waals surface area contributed by atoms with Gasteiger partial charge in [0, 0.05) is 5.56 Å². The lowest BCUT2D eigenvalue weighted by Gasteiger charge is -2.12. The number of amides is 1. The number of nitrogens with one attached hydrogen (secondary N) is 2. The molecule has 2 heterocycles. The first kappa shape index (κ1) is 18.6. The number of carbonyl (C=O) groups excluding carboxylic acids is 2. The maximum absolute atomic E-state index is 12.0. The molecule has 9 nitrogen and oxygen atoms in total. The van der Waals surface area contributed by atoms with Gasteiger partial charge in [-0.2, -0.15) is 0 Å². The van der Waals surface area contributed by atoms with Crippen molar-refractivity contribution < 1.29 is 27.2 Å². The second kappa shape index (κ2) is 7.62. The van der Waals surface area contributed by atoms with Gasteiger partial charge in [0.25, 0.3) is 15.9 Å². The minimum Gasteiger partial charge on any atom is -0.467 e. The quantitative estimate of drug-likeness (QED) is 0.693. The summed E-state index contributed by atoms with van der Waals surface area (Å²) in [4.78, 5) is 27.9. The molecule has 0 aliphatic carbocycles. The van der Waals surface area contributed by atoms with Crippen LogP contribution in [-0.2, 0) is 30.9 Å². The Kier molecular flexibility index (Phi) is 5.26. The van der Waals surface area contributed by atoms with Gasteiger partial charge in [0.1, 0.15) is 18.1 Å². The number of esters is 1. The summed E-state index contributed by atoms with van der Waals surface area (Å²) in [5.41, 5.74) is 0.384. The van der Waals surface area contributed by atoms with Gasteiger partial charge in [-0.05, 0) is 31.2 Å². The summed E-state index contributed by atoms with van der Waals surface area (Å²) in [5.74, 6) is -0.607. The zero-order valence-electron chi connectivity index (χ0n) is 14.3. The smallest absolute Gasteiger partial charge is 0.328 e. The Balaban J connectivity index is 1.55. The van der Waals surface area contributed by atoms with Gasteiger partial charge in [-0.25, -0.2) is 8.42 Å². The van der Waals surface area contributed by atoms with E-state index in [2.05, 4.69) is 15.0 Å². The maximum Gasteiger partial charge on any atom is 0.328 e. The summed E-state index contributed by atoms with van der Waals surface area (Å²) in [6.07, 6.45) is 0.458. The van der Waals surface area contributed by atoms with E-state index < -0.39 is 34.5 Å². The van der Waals surface area contributed by atoms with Crippen molar-refractivity contribution in [2.45, 2.75) is 24.5 Å². The molecule has 0 saturated carbocycles. The number of sulfonamides is 1. The number of ether oxygens (including phenoxy) is 1. The van der Waals surface area contributed by atoms with Gasteiger partial charge in [0.2, 0.25) is 0 Å². The molecule has 1 amide bonds. The normalized spacial score (nSPS) is 17.0. The van der Waals surface area contributed by atoms with Crippen molar-refractivity contribution in [3.05, 3.63) is 54.0 Å². The number of benzene rings is 1. The number of nitrogens with zero attached hydrogens (tertiary/aromatic N) is 1. The molecule has 0 saturated heterocycles. The summed E-state index contributed by atoms with van der Waals surface area (Å²) in [5, 5.41) is 2.57. The van der Waals surface area contributed by atoms with E-state index in [1.54, 1.807) is 30.3 Å². The number of aliphatic imine (C=N–C) groups is 1. The second-order valence-corrected chi connectivity index (χ2v) is 7.35. The van der Waals surface area contributed by atoms with E-state index in [1.807, 2.05) is 0 Å². The Labute approximate surface area is 155 Å². The molecule has 1 aliphatic heterocycles. The van der Waals surface area contributed by atoms with Crippen LogP contribution in [0.4, 0.5) is 0 Å². The maximum atomic E-state index is 12.0. The van der Waals surface area contributed by atoms with Crippen molar-refractivity contribution in [1.29, 1.82) is 0 Å². The summed E-state index contributed by atoms with van der Waals surface area (Å²) in [6, 6.07) is 9.69. The van der Waals surface area contributed by atoms with E-state index in [0.717, 1.165) is 0 Å². The van der Waals surface area contributed by atoms with Crippen molar-refractivity contribution in [2.75, 3.05) is 6.54 Å². The molecule has 2 aromatic rings. The lowest BCUT2D eigenvalue weighted by atomic mass is 10.2. The standard InChI is InChI=1S/C17H17N3O6S/c1-11(17(22)19-9-12-5-4-8-25-12)26-15(21)10-18-16-13-6-2-3-7-14(13)27(23,24)20-16/h2-8,11H,9-10H2,1H3,(H,18,20)(H,19,22)/t11-/m1/s1. The van der Waals surface area contributed by atoms with Gasteiger partial charge in [-0.3, -0.25) is 19.3 Å². The summed E-state index contributed by atoms with van der Waals surface area (Å²) < 4.78 is 36.3. The van der Waals surface area contributed by atoms with Gasteiger partial charge < -0.3 is 14.5 Å². The lowest BCUT2D eigenvalue weighted by molar-refractivity contribution is -0.153. The SMILES string of the molecule is C[C@@H](OC(=O)CN=C1NS(=O)(=O)c2ccccc21)C(=O)NCc1ccco1. The Bertz CT molecular complexity index is 982. The third-order valence-corrected chi connectivity index (χ3v) is 5.12. The molecule has 0 unspecified atom stereocenters. The van der Waals surface area contributed by atoms with Crippen LogP contribution in [0, 0.1) is 0 Å². The van der Waals surface area contributed by atoms with Crippen molar-refractivity contribution >= 4 is 27.7 Å². The van der Waals surface area contributed by atoms with Gasteiger partial charge in [-0.1, -0.05) is 12.1 Å². The molecule has 0 bridgehead atoms. The van der Waals surface area contributed by atoms with Crippen molar-refractivity contribution in [2.24, 2.45) is 4.99 Å². The summed E-state index contributed by atoms with van der Waals surface area (Å²) in [7, 11) is -3.67. The van der Waals surface area contributed by atoms with E-state index in [-0.39, 0.29) is 17.3 Å². The fourth-order valence-corrected chi connectivity index (χ4v) is 3.66. The van der Waals surface area contributed by atoms with Crippen molar-refractivity contribution in [3.63, 3.8) is 0 Å². The van der Waals surface area contributed by atoms with Gasteiger partial charge in [0.15, 0.2) is 6.10 Å². The highest BCUT2D eigenvalue weighted by molar-refractivity contribution is 7.90. The average molecular weight is 391 g/mol. The van der Waals surface area contributed by atoms with Gasteiger partial charge >= 0.3 is 5.97 Å². The zero-order valence-corrected chi connectivity index (χ0v) is 15.2. The molecule has 10 heteroatoms. The molecule has 2 N–H and O–H groups in total. The van der Waals surface area contributed by atoms with Crippen LogP contribution in [0.1, 0.15) is 18.2 Å². The highest BCUT2D eigenvalue weighted by Crippen LogP contribution is 2.22. The van der Waals surface area contributed by atoms with Crippen LogP contribution in [0.2, 0.25) is 0 Å². The molecule has 1 aromatic carbocycles. The fraction of sp³-hybridized carbons (Fsp3) is 0.235. The van der Waals surface area contributed by atoms with Crippen molar-refractivity contribution in [1.82, 2.24) is 10.0 Å². The summed E-state index contributed by atoms with van der Waals surface area (Å²) in [6.45, 7) is 1.17. The number of hydrogen-bond donors (Lipinski definition) is 2. The Morgan fingerprint density at radius 3 is 2.78 bits per heavy atom. The first-order valence-electron chi connectivity index (χ1n) is 8.03. The first-order valence-corrected chi connectivity index (χ1v) is 9.51. The molecule has 1 aliphatic rings. The zero-order chi connectivity index (χ0) is 19.4. The van der Waals surface area contributed by atoms with Crippen LogP contribution in [0.3, 0.4) is 0 Å². The van der Waals surface area contributed by atoms with E-state index in [9.17, 15) is 18.0 Å². The highest BCUT2D eigenvalue weighted by atomic mass is 32.2. The minimum atomic E-state index is -3.67. The van der Waals surface area contributed by atoms with Crippen molar-refractivity contribution in [3.8, 4) is 0 Å². The third kappa shape index (κ3) is 4.34. The Morgan fingerprint density at radius 2 is 2.04 bits per heavy atom. The summed E-state index contributed by atoms with van der Waals surface area (Å²) >= 11 is 0. The molecule has 1 aromatic heterocycles. The lowest BCUT2D eigenvalue weighted by Crippen LogP contribution is -2.36. The average Bonchev–Trinajstić information content (AvgIpc) is 3.24. The molecule has 0 spiro atoms. The third-order valence-electron chi connectivity index (χ3n) is 3.72. The predicted octanol–water partition coefficient (Wildman–Crippen LogP) is 0.566. The number of fused-ring (bicyclic) bond motifs is 1. The van der Waals surface area contributed by atoms with Crippen LogP contribution in [-0.4, -0.2) is 38.8 Å². The van der Waals surface area contributed by atoms with E-state index >= 15 is 0 Å². The second-order valence-electron chi connectivity index (χ2n) is 5.70. The van der Waals surface area contributed by atoms with Gasteiger partial charge in [-0.15, -0.1) is 0 Å². The molecule has 3 rings (SSSR count). The van der Waals surface area contributed by atoms with Crippen LogP contribution in [0.15, 0.2) is 57.0 Å². The van der Waals surface area contributed by atoms with Crippen LogP contribution in [0.25, 0.3) is 0 Å². The fourth-order valence-electron chi connectivity index (χ4n) is 2.41. The number of hydrogen-bond acceptors (Lipinski definition) is 7. The number of rotatable bonds is 6. The predicted molar refractivity (Wildman–Crippen MR) is 94.3 cm³/mol. The molecular weight excluding hydrogens is 374 g/mol. The molecular formula is C17H17N3O6S. The highest BCUT2D eigenvalue weighted by Gasteiger charge is 2.30. The van der Waals surface area contributed by atoms with Gasteiger partial charge in [0.05, 0.1) is 17.7 Å². The molecule has 0 fully saturated rings. The first-order chi connectivity index (χ1) is 12.9. The van der Waals surface area contributed by atoms with E-state index in [0.29, 0.717) is 11.3 Å². The molecule has 142 valence electrons. The number of furan rings is 1. The minimum absolute atomic E-state index is 0.0671. The van der Waals surface area contributed by atoms with E-state index in [4.69, 9.17) is 9.15 Å². The number of amidine groups is 1. The molecule has 1 atom stereocenters. The van der Waals surface area contributed by atoms with E-state index in [1.165, 1.54) is 19.3 Å². The van der Waals surface area contributed by atoms with Crippen LogP contribution in [0.5, 0.6) is 0 Å². The topological polar surface area (TPSA) is 127 Å². The Hall–Kier alpha value is -3.14. The van der Waals surface area contributed by atoms with Crippen LogP contribution >= 0.6 is 0 Å². The number of carbonyl (C=O) groups is 2. The monoisotopic (exact) mass is 391 g/mol. The van der Waals surface area contributed by atoms with Crippen LogP contribution < -0.4 is 10.0 Å².